The molecule has 1 aliphatic heterocycles. The van der Waals surface area contributed by atoms with Crippen molar-refractivity contribution in [2.24, 2.45) is 0 Å². The first-order valence-corrected chi connectivity index (χ1v) is 10.5. The van der Waals surface area contributed by atoms with Gasteiger partial charge in [-0.1, -0.05) is 6.07 Å². The van der Waals surface area contributed by atoms with Gasteiger partial charge in [-0.2, -0.15) is 9.57 Å². The van der Waals surface area contributed by atoms with Crippen LogP contribution in [-0.4, -0.2) is 69.1 Å². The van der Waals surface area contributed by atoms with Crippen LogP contribution in [0.3, 0.4) is 0 Å². The highest BCUT2D eigenvalue weighted by Gasteiger charge is 2.26. The van der Waals surface area contributed by atoms with Gasteiger partial charge in [-0.05, 0) is 37.1 Å². The number of carbonyl (C=O) groups excluding carboxylic acids is 1. The van der Waals surface area contributed by atoms with Crippen LogP contribution in [0.25, 0.3) is 0 Å². The molecule has 26 heavy (non-hydrogen) atoms. The molecular weight excluding hydrogens is 352 g/mol. The molecule has 8 heteroatoms. The van der Waals surface area contributed by atoms with Crippen molar-refractivity contribution in [1.82, 2.24) is 9.21 Å². The smallest absolute Gasteiger partial charge is 0.241 e. The molecule has 0 unspecified atom stereocenters. The molecule has 0 bridgehead atoms. The molecule has 142 valence electrons. The molecule has 1 amide bonds. The Morgan fingerprint density at radius 3 is 2.23 bits per heavy atom. The van der Waals surface area contributed by atoms with Crippen molar-refractivity contribution in [3.8, 4) is 6.07 Å². The number of piperazine rings is 1. The maximum atomic E-state index is 12.9. The summed E-state index contributed by atoms with van der Waals surface area (Å²) in [6, 6.07) is 8.04. The second-order valence-electron chi connectivity index (χ2n) is 6.74. The third-order valence-corrected chi connectivity index (χ3v) is 5.73. The number of hydrogen-bond donors (Lipinski definition) is 0. The van der Waals surface area contributed by atoms with Crippen LogP contribution in [0.15, 0.2) is 18.2 Å². The van der Waals surface area contributed by atoms with Gasteiger partial charge in [0.15, 0.2) is 0 Å². The third-order valence-electron chi connectivity index (χ3n) is 4.43. The van der Waals surface area contributed by atoms with Crippen LogP contribution in [0.2, 0.25) is 0 Å². The summed E-state index contributed by atoms with van der Waals surface area (Å²) in [5.74, 6) is -0.0712. The number of rotatable bonds is 6. The molecule has 1 saturated heterocycles. The number of nitriles is 1. The van der Waals surface area contributed by atoms with E-state index in [1.54, 1.807) is 4.90 Å². The summed E-state index contributed by atoms with van der Waals surface area (Å²) in [5.41, 5.74) is 2.94. The van der Waals surface area contributed by atoms with E-state index in [4.69, 9.17) is 5.26 Å². The standard InChI is InChI=1S/C18H26N4O3S/c1-15-11-16(2)13-17(12-15)22(6-4-5-19)18(23)14-20-7-9-21(10-8-20)26(3,24)25/h11-13H,4,6-10,14H2,1-3H3. The number of nitrogens with zero attached hydrogens (tertiary/aromatic N) is 4. The Morgan fingerprint density at radius 1 is 1.15 bits per heavy atom. The molecule has 0 spiro atoms. The van der Waals surface area contributed by atoms with Gasteiger partial charge in [0.2, 0.25) is 15.9 Å². The van der Waals surface area contributed by atoms with Crippen molar-refractivity contribution in [2.75, 3.05) is 50.4 Å². The highest BCUT2D eigenvalue weighted by Crippen LogP contribution is 2.20. The highest BCUT2D eigenvalue weighted by atomic mass is 32.2. The van der Waals surface area contributed by atoms with Crippen molar-refractivity contribution < 1.29 is 13.2 Å². The lowest BCUT2D eigenvalue weighted by Crippen LogP contribution is -2.51. The van der Waals surface area contributed by atoms with Crippen LogP contribution >= 0.6 is 0 Å². The first kappa shape index (κ1) is 20.4. The van der Waals surface area contributed by atoms with Gasteiger partial charge in [-0.25, -0.2) is 8.42 Å². The summed E-state index contributed by atoms with van der Waals surface area (Å²) < 4.78 is 24.6. The molecule has 0 radical (unpaired) electrons. The van der Waals surface area contributed by atoms with Gasteiger partial charge in [0, 0.05) is 38.4 Å². The summed E-state index contributed by atoms with van der Waals surface area (Å²) >= 11 is 0. The summed E-state index contributed by atoms with van der Waals surface area (Å²) in [5, 5.41) is 8.92. The minimum atomic E-state index is -3.18. The molecule has 0 saturated carbocycles. The SMILES string of the molecule is Cc1cc(C)cc(N(CCC#N)C(=O)CN2CCN(S(C)(=O)=O)CC2)c1. The van der Waals surface area contributed by atoms with Crippen LogP contribution in [0.1, 0.15) is 17.5 Å². The molecule has 1 heterocycles. The monoisotopic (exact) mass is 378 g/mol. The number of amides is 1. The van der Waals surface area contributed by atoms with E-state index >= 15 is 0 Å². The first-order valence-electron chi connectivity index (χ1n) is 8.64. The average molecular weight is 378 g/mol. The molecule has 0 aliphatic carbocycles. The lowest BCUT2D eigenvalue weighted by molar-refractivity contribution is -0.120. The third kappa shape index (κ3) is 5.53. The Morgan fingerprint density at radius 2 is 1.73 bits per heavy atom. The molecule has 0 N–H and O–H groups in total. The van der Waals surface area contributed by atoms with Crippen molar-refractivity contribution in [2.45, 2.75) is 20.3 Å². The molecule has 7 nitrogen and oxygen atoms in total. The Kier molecular flexibility index (Phi) is 6.75. The lowest BCUT2D eigenvalue weighted by Gasteiger charge is -2.34. The van der Waals surface area contributed by atoms with Crippen molar-refractivity contribution in [3.63, 3.8) is 0 Å². The predicted octanol–water partition coefficient (Wildman–Crippen LogP) is 1.13. The van der Waals surface area contributed by atoms with Crippen molar-refractivity contribution >= 4 is 21.6 Å². The lowest BCUT2D eigenvalue weighted by atomic mass is 10.1. The number of benzene rings is 1. The highest BCUT2D eigenvalue weighted by molar-refractivity contribution is 7.88. The van der Waals surface area contributed by atoms with Crippen molar-refractivity contribution in [3.05, 3.63) is 29.3 Å². The fraction of sp³-hybridized carbons (Fsp3) is 0.556. The maximum Gasteiger partial charge on any atom is 0.241 e. The minimum Gasteiger partial charge on any atom is -0.310 e. The van der Waals surface area contributed by atoms with E-state index in [2.05, 4.69) is 6.07 Å². The molecule has 0 aromatic heterocycles. The van der Waals surface area contributed by atoms with Gasteiger partial charge in [0.25, 0.3) is 0 Å². The van der Waals surface area contributed by atoms with E-state index < -0.39 is 10.0 Å². The Labute approximate surface area is 155 Å². The molecule has 1 aliphatic rings. The van der Waals surface area contributed by atoms with Gasteiger partial charge in [-0.15, -0.1) is 0 Å². The van der Waals surface area contributed by atoms with Gasteiger partial charge in [0.1, 0.15) is 0 Å². The van der Waals surface area contributed by atoms with Crippen LogP contribution in [0.4, 0.5) is 5.69 Å². The zero-order valence-electron chi connectivity index (χ0n) is 15.6. The van der Waals surface area contributed by atoms with E-state index in [1.165, 1.54) is 10.6 Å². The van der Waals surface area contributed by atoms with Crippen LogP contribution < -0.4 is 4.90 Å². The van der Waals surface area contributed by atoms with Crippen LogP contribution in [0, 0.1) is 25.2 Å². The quantitative estimate of drug-likeness (QED) is 0.741. The number of anilines is 1. The van der Waals surface area contributed by atoms with Crippen molar-refractivity contribution in [1.29, 1.82) is 5.26 Å². The van der Waals surface area contributed by atoms with Gasteiger partial charge in [0.05, 0.1) is 25.3 Å². The van der Waals surface area contributed by atoms with E-state index in [-0.39, 0.29) is 18.9 Å². The molecular formula is C18H26N4O3S. The normalized spacial score (nSPS) is 16.2. The molecule has 0 atom stereocenters. The van der Waals surface area contributed by atoms with E-state index in [1.807, 2.05) is 36.9 Å². The van der Waals surface area contributed by atoms with Gasteiger partial charge in [-0.3, -0.25) is 9.69 Å². The van der Waals surface area contributed by atoms with Crippen LogP contribution in [0.5, 0.6) is 0 Å². The Balaban J connectivity index is 2.07. The molecule has 1 aromatic carbocycles. The van der Waals surface area contributed by atoms with E-state index in [9.17, 15) is 13.2 Å². The fourth-order valence-electron chi connectivity index (χ4n) is 3.16. The Bertz CT molecular complexity index is 773. The van der Waals surface area contributed by atoms with Gasteiger partial charge < -0.3 is 4.90 Å². The summed E-state index contributed by atoms with van der Waals surface area (Å²) in [6.07, 6.45) is 1.47. The molecule has 2 rings (SSSR count). The number of aryl methyl sites for hydroxylation is 2. The zero-order valence-corrected chi connectivity index (χ0v) is 16.4. The number of sulfonamides is 1. The number of hydrogen-bond acceptors (Lipinski definition) is 5. The van der Waals surface area contributed by atoms with Crippen LogP contribution in [-0.2, 0) is 14.8 Å². The second kappa shape index (κ2) is 8.62. The first-order chi connectivity index (χ1) is 12.2. The largest absolute Gasteiger partial charge is 0.310 e. The minimum absolute atomic E-state index is 0.0712. The maximum absolute atomic E-state index is 12.9. The molecule has 1 fully saturated rings. The topological polar surface area (TPSA) is 84.7 Å². The summed E-state index contributed by atoms with van der Waals surface area (Å²) in [4.78, 5) is 16.5. The average Bonchev–Trinajstić information content (AvgIpc) is 2.54. The van der Waals surface area contributed by atoms with E-state index in [0.29, 0.717) is 32.7 Å². The predicted molar refractivity (Wildman–Crippen MR) is 101 cm³/mol. The number of carbonyl (C=O) groups is 1. The Hall–Kier alpha value is -1.95. The summed E-state index contributed by atoms with van der Waals surface area (Å²) in [7, 11) is -3.18. The van der Waals surface area contributed by atoms with Gasteiger partial charge >= 0.3 is 0 Å². The molecule has 1 aromatic rings. The fourth-order valence-corrected chi connectivity index (χ4v) is 3.99. The summed E-state index contributed by atoms with van der Waals surface area (Å²) in [6.45, 7) is 6.37. The van der Waals surface area contributed by atoms with E-state index in [0.717, 1.165) is 16.8 Å². The zero-order chi connectivity index (χ0) is 19.3. The second-order valence-corrected chi connectivity index (χ2v) is 8.72.